The second-order valence-electron chi connectivity index (χ2n) is 4.42. The van der Waals surface area contributed by atoms with Crippen molar-refractivity contribution >= 4 is 28.6 Å². The van der Waals surface area contributed by atoms with Gasteiger partial charge in [0.15, 0.2) is 0 Å². The molecule has 0 spiro atoms. The number of rotatable bonds is 5. The minimum Gasteiger partial charge on any atom is -0.393 e. The van der Waals surface area contributed by atoms with Crippen molar-refractivity contribution in [2.75, 3.05) is 13.6 Å². The molecule has 106 valence electrons. The summed E-state index contributed by atoms with van der Waals surface area (Å²) in [5, 5.41) is 3.96. The van der Waals surface area contributed by atoms with Gasteiger partial charge in [-0.05, 0) is 6.07 Å². The van der Waals surface area contributed by atoms with Crippen LogP contribution >= 0.6 is 12.2 Å². The number of hydrogen-bond acceptors (Lipinski definition) is 4. The van der Waals surface area contributed by atoms with Crippen molar-refractivity contribution in [2.24, 2.45) is 5.73 Å². The third kappa shape index (κ3) is 3.02. The molecule has 0 fully saturated rings. The van der Waals surface area contributed by atoms with Crippen molar-refractivity contribution in [1.82, 2.24) is 19.1 Å². The van der Waals surface area contributed by atoms with E-state index in [2.05, 4.69) is 5.10 Å². The Morgan fingerprint density at radius 1 is 1.50 bits per heavy atom. The smallest absolute Gasteiger partial charge is 0.277 e. The van der Waals surface area contributed by atoms with Crippen LogP contribution in [0, 0.1) is 0 Å². The maximum absolute atomic E-state index is 12.1. The first-order valence-electron chi connectivity index (χ1n) is 6.04. The monoisotopic (exact) mass is 293 g/mol. The maximum Gasteiger partial charge on any atom is 0.277 e. The van der Waals surface area contributed by atoms with Gasteiger partial charge in [-0.2, -0.15) is 5.10 Å². The SMILES string of the molecule is CN(CCC(N)=S)C(=O)Cn1ccn2nccc2c1=O. The fourth-order valence-electron chi connectivity index (χ4n) is 1.75. The van der Waals surface area contributed by atoms with Gasteiger partial charge in [0.2, 0.25) is 5.91 Å². The van der Waals surface area contributed by atoms with Gasteiger partial charge < -0.3 is 15.2 Å². The molecule has 2 aromatic rings. The first-order valence-corrected chi connectivity index (χ1v) is 6.45. The quantitative estimate of drug-likeness (QED) is 0.760. The number of carbonyl (C=O) groups excluding carboxylic acids is 1. The van der Waals surface area contributed by atoms with Gasteiger partial charge in [0.1, 0.15) is 12.1 Å². The third-order valence-electron chi connectivity index (χ3n) is 2.96. The van der Waals surface area contributed by atoms with Crippen molar-refractivity contribution < 1.29 is 4.79 Å². The van der Waals surface area contributed by atoms with Crippen LogP contribution in [0.1, 0.15) is 6.42 Å². The molecular formula is C12H15N5O2S. The zero-order valence-corrected chi connectivity index (χ0v) is 11.8. The molecule has 2 heterocycles. The topological polar surface area (TPSA) is 85.6 Å². The van der Waals surface area contributed by atoms with Gasteiger partial charge in [-0.3, -0.25) is 9.59 Å². The van der Waals surface area contributed by atoms with Crippen LogP contribution in [0.15, 0.2) is 29.5 Å². The number of nitrogens with two attached hydrogens (primary N) is 1. The van der Waals surface area contributed by atoms with Crippen LogP contribution in [0.3, 0.4) is 0 Å². The van der Waals surface area contributed by atoms with Crippen LogP contribution in [0.2, 0.25) is 0 Å². The molecule has 7 nitrogen and oxygen atoms in total. The summed E-state index contributed by atoms with van der Waals surface area (Å²) in [5.41, 5.74) is 5.58. The Morgan fingerprint density at radius 2 is 2.25 bits per heavy atom. The predicted molar refractivity (Wildman–Crippen MR) is 78.5 cm³/mol. The summed E-state index contributed by atoms with van der Waals surface area (Å²) in [6.07, 6.45) is 5.19. The lowest BCUT2D eigenvalue weighted by atomic mass is 10.4. The average molecular weight is 293 g/mol. The molecule has 0 saturated heterocycles. The molecule has 0 unspecified atom stereocenters. The molecule has 0 radical (unpaired) electrons. The molecule has 0 aliphatic heterocycles. The first kappa shape index (κ1) is 14.2. The van der Waals surface area contributed by atoms with Gasteiger partial charge in [0.25, 0.3) is 5.56 Å². The second kappa shape index (κ2) is 5.83. The summed E-state index contributed by atoms with van der Waals surface area (Å²) in [6.45, 7) is 0.423. The Bertz CT molecular complexity index is 705. The van der Waals surface area contributed by atoms with Gasteiger partial charge in [0, 0.05) is 32.4 Å². The Balaban J connectivity index is 2.11. The van der Waals surface area contributed by atoms with E-state index in [1.807, 2.05) is 0 Å². The molecule has 2 rings (SSSR count). The van der Waals surface area contributed by atoms with Crippen LogP contribution < -0.4 is 11.3 Å². The molecule has 0 aromatic carbocycles. The number of thiocarbonyl (C=S) groups is 1. The van der Waals surface area contributed by atoms with Crippen molar-refractivity contribution in [3.63, 3.8) is 0 Å². The number of likely N-dealkylation sites (N-methyl/N-ethyl adjacent to an activating group) is 1. The average Bonchev–Trinajstić information content (AvgIpc) is 2.88. The molecule has 0 atom stereocenters. The lowest BCUT2D eigenvalue weighted by Gasteiger charge is -2.17. The number of aromatic nitrogens is 3. The van der Waals surface area contributed by atoms with E-state index >= 15 is 0 Å². The van der Waals surface area contributed by atoms with Gasteiger partial charge in [-0.15, -0.1) is 0 Å². The van der Waals surface area contributed by atoms with Gasteiger partial charge in [0.05, 0.1) is 11.2 Å². The summed E-state index contributed by atoms with van der Waals surface area (Å²) < 4.78 is 2.83. The van der Waals surface area contributed by atoms with Gasteiger partial charge in [-0.1, -0.05) is 12.2 Å². The van der Waals surface area contributed by atoms with E-state index in [-0.39, 0.29) is 18.0 Å². The molecule has 0 aliphatic carbocycles. The number of carbonyl (C=O) groups is 1. The number of fused-ring (bicyclic) bond motifs is 1. The van der Waals surface area contributed by atoms with E-state index in [9.17, 15) is 9.59 Å². The van der Waals surface area contributed by atoms with E-state index in [0.717, 1.165) is 0 Å². The maximum atomic E-state index is 12.1. The molecular weight excluding hydrogens is 278 g/mol. The molecule has 20 heavy (non-hydrogen) atoms. The van der Waals surface area contributed by atoms with E-state index in [1.54, 1.807) is 25.5 Å². The Kier molecular flexibility index (Phi) is 4.14. The number of amides is 1. The van der Waals surface area contributed by atoms with Crippen molar-refractivity contribution in [3.05, 3.63) is 35.0 Å². The minimum absolute atomic E-state index is 0.0195. The van der Waals surface area contributed by atoms with Crippen molar-refractivity contribution in [3.8, 4) is 0 Å². The first-order chi connectivity index (χ1) is 9.49. The number of nitrogens with zero attached hydrogens (tertiary/aromatic N) is 4. The number of hydrogen-bond donors (Lipinski definition) is 1. The standard InChI is InChI=1S/C12H15N5O2S/c1-15(5-3-10(13)20)11(18)8-16-6-7-17-9(12(16)19)2-4-14-17/h2,4,6-7H,3,5,8H2,1H3,(H2,13,20). The fourth-order valence-corrected chi connectivity index (χ4v) is 1.85. The minimum atomic E-state index is -0.249. The van der Waals surface area contributed by atoms with Crippen molar-refractivity contribution in [2.45, 2.75) is 13.0 Å². The third-order valence-corrected chi connectivity index (χ3v) is 3.17. The molecule has 2 N–H and O–H groups in total. The predicted octanol–water partition coefficient (Wildman–Crippen LogP) is -0.369. The summed E-state index contributed by atoms with van der Waals surface area (Å²) in [7, 11) is 1.66. The normalized spacial score (nSPS) is 10.7. The Labute approximate surface area is 120 Å². The summed E-state index contributed by atoms with van der Waals surface area (Å²) >= 11 is 4.77. The Hall–Kier alpha value is -2.22. The van der Waals surface area contributed by atoms with Gasteiger partial charge >= 0.3 is 0 Å². The largest absolute Gasteiger partial charge is 0.393 e. The van der Waals surface area contributed by atoms with E-state index in [4.69, 9.17) is 18.0 Å². The molecule has 8 heteroatoms. The van der Waals surface area contributed by atoms with Crippen LogP contribution in [-0.4, -0.2) is 43.6 Å². The molecule has 2 aromatic heterocycles. The summed E-state index contributed by atoms with van der Waals surface area (Å²) in [6, 6.07) is 1.61. The highest BCUT2D eigenvalue weighted by Crippen LogP contribution is 1.96. The van der Waals surface area contributed by atoms with Crippen LogP contribution in [0.25, 0.3) is 5.52 Å². The zero-order chi connectivity index (χ0) is 14.7. The second-order valence-corrected chi connectivity index (χ2v) is 4.95. The Morgan fingerprint density at radius 3 is 2.95 bits per heavy atom. The van der Waals surface area contributed by atoms with E-state index in [0.29, 0.717) is 23.5 Å². The fraction of sp³-hybridized carbons (Fsp3) is 0.333. The lowest BCUT2D eigenvalue weighted by molar-refractivity contribution is -0.130. The summed E-state index contributed by atoms with van der Waals surface area (Å²) in [4.78, 5) is 26.0. The molecule has 0 saturated carbocycles. The highest BCUT2D eigenvalue weighted by molar-refractivity contribution is 7.80. The van der Waals surface area contributed by atoms with E-state index < -0.39 is 0 Å². The van der Waals surface area contributed by atoms with Crippen LogP contribution in [0.5, 0.6) is 0 Å². The molecule has 1 amide bonds. The van der Waals surface area contributed by atoms with E-state index in [1.165, 1.54) is 20.2 Å². The van der Waals surface area contributed by atoms with Crippen LogP contribution in [0.4, 0.5) is 0 Å². The van der Waals surface area contributed by atoms with Gasteiger partial charge in [-0.25, -0.2) is 4.52 Å². The zero-order valence-electron chi connectivity index (χ0n) is 11.0. The molecule has 0 bridgehead atoms. The van der Waals surface area contributed by atoms with Crippen LogP contribution in [-0.2, 0) is 11.3 Å². The summed E-state index contributed by atoms with van der Waals surface area (Å²) in [5.74, 6) is -0.174. The highest BCUT2D eigenvalue weighted by atomic mass is 32.1. The lowest BCUT2D eigenvalue weighted by Crippen LogP contribution is -2.35. The van der Waals surface area contributed by atoms with Crippen molar-refractivity contribution in [1.29, 1.82) is 0 Å². The molecule has 0 aliphatic rings. The highest BCUT2D eigenvalue weighted by Gasteiger charge is 2.12.